The molecule has 1 aromatic rings. The molecule has 0 unspecified atom stereocenters. The highest BCUT2D eigenvalue weighted by Crippen LogP contribution is 2.08. The van der Waals surface area contributed by atoms with Gasteiger partial charge in [0.2, 0.25) is 0 Å². The minimum absolute atomic E-state index is 0.316. The molecule has 80 valence electrons. The van der Waals surface area contributed by atoms with Gasteiger partial charge in [-0.25, -0.2) is 4.79 Å². The van der Waals surface area contributed by atoms with E-state index in [4.69, 9.17) is 5.73 Å². The highest BCUT2D eigenvalue weighted by molar-refractivity contribution is 5.89. The Balaban J connectivity index is 2.78. The molecule has 0 saturated heterocycles. The molecule has 0 aromatic heterocycles. The van der Waals surface area contributed by atoms with E-state index in [9.17, 15) is 4.79 Å². The maximum atomic E-state index is 11.2. The van der Waals surface area contributed by atoms with E-state index >= 15 is 0 Å². The number of esters is 1. The van der Waals surface area contributed by atoms with E-state index in [1.54, 1.807) is 12.1 Å². The monoisotopic (exact) mass is 205 g/mol. The Kier molecular flexibility index (Phi) is 4.57. The third-order valence-electron chi connectivity index (χ3n) is 1.95. The number of nitrogens with two attached hydrogens (primary N) is 1. The highest BCUT2D eigenvalue weighted by Gasteiger charge is 2.03. The molecule has 15 heavy (non-hydrogen) atoms. The van der Waals surface area contributed by atoms with E-state index in [0.717, 1.165) is 12.0 Å². The zero-order valence-electron chi connectivity index (χ0n) is 8.77. The lowest BCUT2D eigenvalue weighted by molar-refractivity contribution is 0.0600. The largest absolute Gasteiger partial charge is 0.465 e. The second-order valence-corrected chi connectivity index (χ2v) is 3.10. The van der Waals surface area contributed by atoms with Crippen molar-refractivity contribution >= 4 is 12.0 Å². The van der Waals surface area contributed by atoms with Gasteiger partial charge in [-0.2, -0.15) is 0 Å². The van der Waals surface area contributed by atoms with Gasteiger partial charge < -0.3 is 10.5 Å². The van der Waals surface area contributed by atoms with E-state index in [2.05, 4.69) is 4.74 Å². The first kappa shape index (κ1) is 11.5. The minimum atomic E-state index is -0.316. The molecule has 0 aliphatic heterocycles. The summed E-state index contributed by atoms with van der Waals surface area (Å²) in [5.74, 6) is -0.316. The molecular formula is C12H15NO2. The van der Waals surface area contributed by atoms with Gasteiger partial charge in [-0.15, -0.1) is 0 Å². The van der Waals surface area contributed by atoms with Gasteiger partial charge in [-0.05, 0) is 30.7 Å². The second kappa shape index (κ2) is 5.98. The Morgan fingerprint density at radius 1 is 1.53 bits per heavy atom. The molecule has 0 aliphatic carbocycles. The summed E-state index contributed by atoms with van der Waals surface area (Å²) in [5, 5.41) is 0. The van der Waals surface area contributed by atoms with Crippen LogP contribution < -0.4 is 5.73 Å². The molecule has 0 saturated carbocycles. The Morgan fingerprint density at radius 2 is 2.33 bits per heavy atom. The molecule has 3 heteroatoms. The molecule has 2 N–H and O–H groups in total. The number of rotatable bonds is 4. The van der Waals surface area contributed by atoms with Crippen LogP contribution in [0.5, 0.6) is 0 Å². The Hall–Kier alpha value is -1.61. The summed E-state index contributed by atoms with van der Waals surface area (Å²) in [6, 6.07) is 7.28. The van der Waals surface area contributed by atoms with Crippen LogP contribution in [0.1, 0.15) is 22.3 Å². The number of benzene rings is 1. The predicted molar refractivity (Wildman–Crippen MR) is 60.5 cm³/mol. The third-order valence-corrected chi connectivity index (χ3v) is 1.95. The zero-order chi connectivity index (χ0) is 11.1. The number of carbonyl (C=O) groups excluding carboxylic acids is 1. The lowest BCUT2D eigenvalue weighted by atomic mass is 10.1. The Bertz CT molecular complexity index is 358. The topological polar surface area (TPSA) is 52.3 Å². The summed E-state index contributed by atoms with van der Waals surface area (Å²) in [4.78, 5) is 11.2. The summed E-state index contributed by atoms with van der Waals surface area (Å²) >= 11 is 0. The summed E-state index contributed by atoms with van der Waals surface area (Å²) in [5.41, 5.74) is 6.91. The molecule has 1 aromatic carbocycles. The fourth-order valence-electron chi connectivity index (χ4n) is 1.20. The average molecular weight is 205 g/mol. The maximum absolute atomic E-state index is 11.2. The Morgan fingerprint density at radius 3 is 3.00 bits per heavy atom. The van der Waals surface area contributed by atoms with Crippen molar-refractivity contribution in [2.24, 2.45) is 5.73 Å². The number of hydrogen-bond acceptors (Lipinski definition) is 3. The van der Waals surface area contributed by atoms with Crippen LogP contribution in [-0.2, 0) is 4.74 Å². The van der Waals surface area contributed by atoms with Gasteiger partial charge in [0.1, 0.15) is 0 Å². The molecule has 0 fully saturated rings. The molecule has 1 rings (SSSR count). The first-order valence-corrected chi connectivity index (χ1v) is 4.83. The molecule has 0 radical (unpaired) electrons. The predicted octanol–water partition coefficient (Wildman–Crippen LogP) is 1.84. The van der Waals surface area contributed by atoms with Crippen molar-refractivity contribution in [3.8, 4) is 0 Å². The summed E-state index contributed by atoms with van der Waals surface area (Å²) in [7, 11) is 1.37. The van der Waals surface area contributed by atoms with Gasteiger partial charge in [-0.1, -0.05) is 24.3 Å². The SMILES string of the molecule is COC(=O)c1cccc(C=CCCN)c1. The van der Waals surface area contributed by atoms with E-state index in [-0.39, 0.29) is 5.97 Å². The molecule has 0 atom stereocenters. The fourth-order valence-corrected chi connectivity index (χ4v) is 1.20. The first-order chi connectivity index (χ1) is 7.27. The molecule has 0 amide bonds. The van der Waals surface area contributed by atoms with Crippen molar-refractivity contribution in [1.82, 2.24) is 0 Å². The lowest BCUT2D eigenvalue weighted by Gasteiger charge is -1.99. The van der Waals surface area contributed by atoms with Crippen molar-refractivity contribution < 1.29 is 9.53 Å². The van der Waals surface area contributed by atoms with Crippen LogP contribution in [0.3, 0.4) is 0 Å². The van der Waals surface area contributed by atoms with Crippen molar-refractivity contribution in [1.29, 1.82) is 0 Å². The summed E-state index contributed by atoms with van der Waals surface area (Å²) in [6.07, 6.45) is 4.76. The van der Waals surface area contributed by atoms with Crippen LogP contribution >= 0.6 is 0 Å². The van der Waals surface area contributed by atoms with Gasteiger partial charge in [0.05, 0.1) is 12.7 Å². The van der Waals surface area contributed by atoms with Crippen LogP contribution in [0.25, 0.3) is 6.08 Å². The molecule has 0 spiro atoms. The number of methoxy groups -OCH3 is 1. The standard InChI is InChI=1S/C12H15NO2/c1-15-12(14)11-7-4-6-10(9-11)5-2-3-8-13/h2,4-7,9H,3,8,13H2,1H3. The van der Waals surface area contributed by atoms with Gasteiger partial charge in [0.25, 0.3) is 0 Å². The van der Waals surface area contributed by atoms with Crippen molar-refractivity contribution in [3.63, 3.8) is 0 Å². The zero-order valence-corrected chi connectivity index (χ0v) is 8.77. The summed E-state index contributed by atoms with van der Waals surface area (Å²) in [6.45, 7) is 0.632. The lowest BCUT2D eigenvalue weighted by Crippen LogP contribution is -2.00. The third kappa shape index (κ3) is 3.56. The van der Waals surface area contributed by atoms with Crippen LogP contribution in [0.4, 0.5) is 0 Å². The fraction of sp³-hybridized carbons (Fsp3) is 0.250. The summed E-state index contributed by atoms with van der Waals surface area (Å²) < 4.78 is 4.63. The van der Waals surface area contributed by atoms with Crippen LogP contribution in [-0.4, -0.2) is 19.6 Å². The van der Waals surface area contributed by atoms with Crippen molar-refractivity contribution in [2.45, 2.75) is 6.42 Å². The number of hydrogen-bond donors (Lipinski definition) is 1. The van der Waals surface area contributed by atoms with Crippen LogP contribution in [0, 0.1) is 0 Å². The second-order valence-electron chi connectivity index (χ2n) is 3.10. The van der Waals surface area contributed by atoms with Crippen molar-refractivity contribution in [3.05, 3.63) is 41.5 Å². The molecule has 0 bridgehead atoms. The minimum Gasteiger partial charge on any atom is -0.465 e. The van der Waals surface area contributed by atoms with Gasteiger partial charge in [0.15, 0.2) is 0 Å². The number of carbonyl (C=O) groups is 1. The molecule has 0 heterocycles. The normalized spacial score (nSPS) is 10.5. The average Bonchev–Trinajstić information content (AvgIpc) is 2.29. The highest BCUT2D eigenvalue weighted by atomic mass is 16.5. The quantitative estimate of drug-likeness (QED) is 0.763. The van der Waals surface area contributed by atoms with E-state index in [1.165, 1.54) is 7.11 Å². The maximum Gasteiger partial charge on any atom is 0.337 e. The Labute approximate surface area is 89.5 Å². The molecular weight excluding hydrogens is 190 g/mol. The smallest absolute Gasteiger partial charge is 0.337 e. The van der Waals surface area contributed by atoms with E-state index < -0.39 is 0 Å². The van der Waals surface area contributed by atoms with Crippen LogP contribution in [0.15, 0.2) is 30.3 Å². The van der Waals surface area contributed by atoms with Gasteiger partial charge >= 0.3 is 5.97 Å². The van der Waals surface area contributed by atoms with E-state index in [1.807, 2.05) is 24.3 Å². The van der Waals surface area contributed by atoms with Crippen LogP contribution in [0.2, 0.25) is 0 Å². The molecule has 3 nitrogen and oxygen atoms in total. The van der Waals surface area contributed by atoms with Crippen molar-refractivity contribution in [2.75, 3.05) is 13.7 Å². The number of ether oxygens (including phenoxy) is 1. The van der Waals surface area contributed by atoms with Gasteiger partial charge in [0, 0.05) is 0 Å². The molecule has 0 aliphatic rings. The first-order valence-electron chi connectivity index (χ1n) is 4.83. The van der Waals surface area contributed by atoms with Gasteiger partial charge in [-0.3, -0.25) is 0 Å². The van der Waals surface area contributed by atoms with E-state index in [0.29, 0.717) is 12.1 Å².